The second-order valence-electron chi connectivity index (χ2n) is 5.02. The van der Waals surface area contributed by atoms with E-state index in [0.717, 1.165) is 33.5 Å². The summed E-state index contributed by atoms with van der Waals surface area (Å²) in [4.78, 5) is 15.4. The minimum Gasteiger partial charge on any atom is -0.481 e. The van der Waals surface area contributed by atoms with E-state index in [4.69, 9.17) is 5.11 Å². The fourth-order valence-electron chi connectivity index (χ4n) is 2.79. The van der Waals surface area contributed by atoms with E-state index in [2.05, 4.69) is 31.5 Å². The van der Waals surface area contributed by atoms with Crippen molar-refractivity contribution in [2.24, 2.45) is 0 Å². The number of carboxylic acids is 1. The molecular formula is C14H15BrN2O2S. The number of nitrogens with zero attached hydrogens (tertiary/aromatic N) is 2. The van der Waals surface area contributed by atoms with Crippen LogP contribution in [0.15, 0.2) is 27.8 Å². The molecular weight excluding hydrogens is 340 g/mol. The van der Waals surface area contributed by atoms with Crippen molar-refractivity contribution in [1.82, 2.24) is 9.55 Å². The van der Waals surface area contributed by atoms with E-state index in [1.165, 1.54) is 24.6 Å². The number of aliphatic carboxylic acids is 1. The molecule has 0 unspecified atom stereocenters. The van der Waals surface area contributed by atoms with Crippen LogP contribution >= 0.6 is 27.7 Å². The summed E-state index contributed by atoms with van der Waals surface area (Å²) in [5.74, 6) is -0.752. The lowest BCUT2D eigenvalue weighted by atomic mass is 10.2. The molecule has 1 aliphatic carbocycles. The van der Waals surface area contributed by atoms with E-state index >= 15 is 0 Å². The standard InChI is InChI=1S/C14H15BrN2O2S/c15-9-5-6-11-12(7-9)17(10-3-1-2-4-10)14(16-11)20-8-13(18)19/h5-7,10H,1-4,8H2,(H,18,19). The SMILES string of the molecule is O=C(O)CSc1nc2ccc(Br)cc2n1C1CCCC1. The number of hydrogen-bond acceptors (Lipinski definition) is 3. The summed E-state index contributed by atoms with van der Waals surface area (Å²) in [6.07, 6.45) is 4.78. The van der Waals surface area contributed by atoms with E-state index in [-0.39, 0.29) is 5.75 Å². The van der Waals surface area contributed by atoms with Crippen LogP contribution in [0.25, 0.3) is 11.0 Å². The van der Waals surface area contributed by atoms with Gasteiger partial charge in [-0.1, -0.05) is 40.5 Å². The average molecular weight is 355 g/mol. The number of carboxylic acid groups (broad SMARTS) is 1. The number of aromatic nitrogens is 2. The molecule has 2 aromatic rings. The van der Waals surface area contributed by atoms with E-state index < -0.39 is 5.97 Å². The van der Waals surface area contributed by atoms with Crippen molar-refractivity contribution in [3.63, 3.8) is 0 Å². The molecule has 20 heavy (non-hydrogen) atoms. The van der Waals surface area contributed by atoms with Crippen molar-refractivity contribution >= 4 is 44.7 Å². The molecule has 4 nitrogen and oxygen atoms in total. The molecule has 0 aliphatic heterocycles. The van der Waals surface area contributed by atoms with Gasteiger partial charge in [-0.2, -0.15) is 0 Å². The topological polar surface area (TPSA) is 55.1 Å². The third-order valence-corrected chi connectivity index (χ3v) is 5.06. The third-order valence-electron chi connectivity index (χ3n) is 3.63. The van der Waals surface area contributed by atoms with Crippen LogP contribution in [0, 0.1) is 0 Å². The van der Waals surface area contributed by atoms with Crippen molar-refractivity contribution < 1.29 is 9.90 Å². The summed E-state index contributed by atoms with van der Waals surface area (Å²) in [6, 6.07) is 6.48. The van der Waals surface area contributed by atoms with E-state index in [9.17, 15) is 4.79 Å². The molecule has 1 fully saturated rings. The average Bonchev–Trinajstić information content (AvgIpc) is 3.02. The highest BCUT2D eigenvalue weighted by Crippen LogP contribution is 2.37. The number of fused-ring (bicyclic) bond motifs is 1. The molecule has 0 radical (unpaired) electrons. The van der Waals surface area contributed by atoms with Crippen LogP contribution in [0.4, 0.5) is 0 Å². The number of carbonyl (C=O) groups is 1. The van der Waals surface area contributed by atoms with Gasteiger partial charge < -0.3 is 9.67 Å². The van der Waals surface area contributed by atoms with Crippen LogP contribution in [-0.4, -0.2) is 26.4 Å². The quantitative estimate of drug-likeness (QED) is 0.840. The first-order valence-electron chi connectivity index (χ1n) is 6.67. The molecule has 1 saturated carbocycles. The molecule has 3 rings (SSSR count). The lowest BCUT2D eigenvalue weighted by Gasteiger charge is -2.15. The van der Waals surface area contributed by atoms with Crippen molar-refractivity contribution in [2.45, 2.75) is 36.9 Å². The number of imidazole rings is 1. The van der Waals surface area contributed by atoms with Gasteiger partial charge in [-0.25, -0.2) is 4.98 Å². The minimum atomic E-state index is -0.804. The zero-order chi connectivity index (χ0) is 14.1. The Labute approximate surface area is 129 Å². The first-order valence-corrected chi connectivity index (χ1v) is 8.45. The Hall–Kier alpha value is -1.01. The third kappa shape index (κ3) is 2.72. The Morgan fingerprint density at radius 3 is 2.90 bits per heavy atom. The monoisotopic (exact) mass is 354 g/mol. The molecule has 1 N–H and O–H groups in total. The highest BCUT2D eigenvalue weighted by Gasteiger charge is 2.23. The highest BCUT2D eigenvalue weighted by molar-refractivity contribution is 9.10. The number of thioether (sulfide) groups is 1. The molecule has 106 valence electrons. The Morgan fingerprint density at radius 1 is 1.45 bits per heavy atom. The van der Waals surface area contributed by atoms with Crippen LogP contribution in [0.2, 0.25) is 0 Å². The summed E-state index contributed by atoms with van der Waals surface area (Å²) in [5, 5.41) is 9.71. The zero-order valence-electron chi connectivity index (χ0n) is 10.9. The van der Waals surface area contributed by atoms with Crippen LogP contribution in [-0.2, 0) is 4.79 Å². The predicted molar refractivity (Wildman–Crippen MR) is 83.3 cm³/mol. The summed E-state index contributed by atoms with van der Waals surface area (Å²) in [5.41, 5.74) is 2.03. The smallest absolute Gasteiger partial charge is 0.313 e. The number of halogens is 1. The maximum absolute atomic E-state index is 10.8. The second kappa shape index (κ2) is 5.77. The van der Waals surface area contributed by atoms with Crippen LogP contribution in [0.5, 0.6) is 0 Å². The molecule has 0 bridgehead atoms. The molecule has 0 atom stereocenters. The first kappa shape index (κ1) is 13.9. The Balaban J connectivity index is 2.06. The van der Waals surface area contributed by atoms with Gasteiger partial charge in [-0.15, -0.1) is 0 Å². The Bertz CT molecular complexity index is 650. The maximum atomic E-state index is 10.8. The Kier molecular flexibility index (Phi) is 4.03. The molecule has 1 aliphatic rings. The van der Waals surface area contributed by atoms with E-state index in [0.29, 0.717) is 6.04 Å². The van der Waals surface area contributed by atoms with Crippen molar-refractivity contribution in [3.8, 4) is 0 Å². The zero-order valence-corrected chi connectivity index (χ0v) is 13.3. The van der Waals surface area contributed by atoms with E-state index in [1.807, 2.05) is 12.1 Å². The lowest BCUT2D eigenvalue weighted by molar-refractivity contribution is -0.133. The van der Waals surface area contributed by atoms with Gasteiger partial charge in [0.05, 0.1) is 16.8 Å². The largest absolute Gasteiger partial charge is 0.481 e. The number of benzene rings is 1. The molecule has 1 aromatic carbocycles. The fourth-order valence-corrected chi connectivity index (χ4v) is 3.94. The second-order valence-corrected chi connectivity index (χ2v) is 6.88. The predicted octanol–water partition coefficient (Wildman–Crippen LogP) is 4.09. The number of rotatable bonds is 4. The van der Waals surface area contributed by atoms with E-state index in [1.54, 1.807) is 0 Å². The van der Waals surface area contributed by atoms with Gasteiger partial charge in [0.15, 0.2) is 5.16 Å². The van der Waals surface area contributed by atoms with Crippen LogP contribution < -0.4 is 0 Å². The summed E-state index contributed by atoms with van der Waals surface area (Å²) < 4.78 is 3.26. The van der Waals surface area contributed by atoms with Gasteiger partial charge in [0.1, 0.15) is 0 Å². The van der Waals surface area contributed by atoms with Gasteiger partial charge in [0, 0.05) is 10.5 Å². The van der Waals surface area contributed by atoms with Gasteiger partial charge in [0.25, 0.3) is 0 Å². The summed E-state index contributed by atoms with van der Waals surface area (Å²) >= 11 is 4.82. The van der Waals surface area contributed by atoms with Gasteiger partial charge in [-0.05, 0) is 31.0 Å². The lowest BCUT2D eigenvalue weighted by Crippen LogP contribution is -2.07. The number of hydrogen-bond donors (Lipinski definition) is 1. The van der Waals surface area contributed by atoms with Gasteiger partial charge in [-0.3, -0.25) is 4.79 Å². The van der Waals surface area contributed by atoms with Gasteiger partial charge >= 0.3 is 5.97 Å². The first-order chi connectivity index (χ1) is 9.65. The summed E-state index contributed by atoms with van der Waals surface area (Å²) in [6.45, 7) is 0. The summed E-state index contributed by atoms with van der Waals surface area (Å²) in [7, 11) is 0. The molecule has 6 heteroatoms. The Morgan fingerprint density at radius 2 is 2.20 bits per heavy atom. The van der Waals surface area contributed by atoms with Crippen LogP contribution in [0.1, 0.15) is 31.7 Å². The molecule has 1 aromatic heterocycles. The molecule has 1 heterocycles. The fraction of sp³-hybridized carbons (Fsp3) is 0.429. The van der Waals surface area contributed by atoms with Crippen molar-refractivity contribution in [2.75, 3.05) is 5.75 Å². The normalized spacial score (nSPS) is 16.1. The molecule has 0 spiro atoms. The highest BCUT2D eigenvalue weighted by atomic mass is 79.9. The van der Waals surface area contributed by atoms with Crippen molar-refractivity contribution in [1.29, 1.82) is 0 Å². The van der Waals surface area contributed by atoms with Crippen LogP contribution in [0.3, 0.4) is 0 Å². The maximum Gasteiger partial charge on any atom is 0.313 e. The van der Waals surface area contributed by atoms with Gasteiger partial charge in [0.2, 0.25) is 0 Å². The molecule has 0 amide bonds. The minimum absolute atomic E-state index is 0.0528. The molecule has 0 saturated heterocycles. The van der Waals surface area contributed by atoms with Crippen molar-refractivity contribution in [3.05, 3.63) is 22.7 Å².